The Balaban J connectivity index is 1.51. The van der Waals surface area contributed by atoms with Gasteiger partial charge in [-0.15, -0.1) is 24.5 Å². The van der Waals surface area contributed by atoms with Crippen LogP contribution in [0.5, 0.6) is 17.2 Å². The number of alkyl halides is 3. The van der Waals surface area contributed by atoms with E-state index in [9.17, 15) is 22.8 Å². The first-order valence-electron chi connectivity index (χ1n) is 10.3. The molecule has 0 unspecified atom stereocenters. The van der Waals surface area contributed by atoms with Gasteiger partial charge in [-0.2, -0.15) is 0 Å². The number of nitrogens with one attached hydrogen (secondary N) is 1. The molecule has 186 valence electrons. The minimum atomic E-state index is -4.79. The second kappa shape index (κ2) is 11.6. The summed E-state index contributed by atoms with van der Waals surface area (Å²) >= 11 is 1.28. The molecule has 0 aliphatic heterocycles. The summed E-state index contributed by atoms with van der Waals surface area (Å²) in [5, 5.41) is 3.12. The van der Waals surface area contributed by atoms with Crippen LogP contribution in [-0.2, 0) is 24.2 Å². The number of carbonyl (C=O) groups excluding carboxylic acids is 2. The number of ether oxygens (including phenoxy) is 3. The highest BCUT2D eigenvalue weighted by molar-refractivity contribution is 7.11. The Bertz CT molecular complexity index is 1170. The first-order chi connectivity index (χ1) is 16.6. The van der Waals surface area contributed by atoms with Crippen LogP contribution in [0, 0.1) is 0 Å². The van der Waals surface area contributed by atoms with E-state index in [0.29, 0.717) is 22.7 Å². The van der Waals surface area contributed by atoms with Crippen molar-refractivity contribution in [3.05, 3.63) is 69.7 Å². The maximum atomic E-state index is 12.2. The van der Waals surface area contributed by atoms with Gasteiger partial charge in [0.15, 0.2) is 6.61 Å². The number of hydrogen-bond acceptors (Lipinski definition) is 7. The Morgan fingerprint density at radius 3 is 2.43 bits per heavy atom. The van der Waals surface area contributed by atoms with Gasteiger partial charge in [-0.3, -0.25) is 9.59 Å². The fraction of sp³-hybridized carbons (Fsp3) is 0.261. The molecule has 35 heavy (non-hydrogen) atoms. The number of aryl methyl sites for hydroxylation is 2. The van der Waals surface area contributed by atoms with E-state index in [1.165, 1.54) is 23.5 Å². The van der Waals surface area contributed by atoms with Crippen LogP contribution in [0.15, 0.2) is 48.5 Å². The van der Waals surface area contributed by atoms with E-state index in [1.54, 1.807) is 7.11 Å². The highest BCUT2D eigenvalue weighted by atomic mass is 32.1. The van der Waals surface area contributed by atoms with E-state index in [2.05, 4.69) is 15.0 Å². The van der Waals surface area contributed by atoms with Gasteiger partial charge in [0.05, 0.1) is 13.7 Å². The van der Waals surface area contributed by atoms with Crippen molar-refractivity contribution in [1.29, 1.82) is 0 Å². The molecule has 8 nitrogen and oxygen atoms in total. The van der Waals surface area contributed by atoms with Crippen molar-refractivity contribution in [2.24, 2.45) is 5.73 Å². The highest BCUT2D eigenvalue weighted by Gasteiger charge is 2.31. The van der Waals surface area contributed by atoms with Crippen LogP contribution in [0.3, 0.4) is 0 Å². The van der Waals surface area contributed by atoms with E-state index in [0.717, 1.165) is 23.4 Å². The molecule has 0 spiro atoms. The summed E-state index contributed by atoms with van der Waals surface area (Å²) in [7, 11) is 1.59. The Morgan fingerprint density at radius 2 is 1.77 bits per heavy atom. The number of thiazole rings is 1. The number of nitrogens with two attached hydrogens (primary N) is 1. The van der Waals surface area contributed by atoms with Crippen LogP contribution in [0.4, 0.5) is 13.2 Å². The van der Waals surface area contributed by atoms with Gasteiger partial charge in [0, 0.05) is 4.88 Å². The average molecular weight is 510 g/mol. The third-order valence-electron chi connectivity index (χ3n) is 4.61. The van der Waals surface area contributed by atoms with Gasteiger partial charge in [0.2, 0.25) is 0 Å². The summed E-state index contributed by atoms with van der Waals surface area (Å²) in [6.07, 6.45) is -3.61. The van der Waals surface area contributed by atoms with Crippen molar-refractivity contribution in [2.75, 3.05) is 13.7 Å². The lowest BCUT2D eigenvalue weighted by Crippen LogP contribution is -2.28. The highest BCUT2D eigenvalue weighted by Crippen LogP contribution is 2.25. The molecular formula is C23H22F3N3O5S. The zero-order valence-electron chi connectivity index (χ0n) is 18.6. The molecule has 0 bridgehead atoms. The van der Waals surface area contributed by atoms with E-state index >= 15 is 0 Å². The number of methoxy groups -OCH3 is 1. The van der Waals surface area contributed by atoms with Crippen molar-refractivity contribution in [2.45, 2.75) is 25.7 Å². The van der Waals surface area contributed by atoms with Gasteiger partial charge in [0.1, 0.15) is 28.0 Å². The standard InChI is InChI=1S/C23H22F3N3O5S/c1-32-17-4-2-3-14(11-17)5-10-18-21(22(27)31)29-20(35-18)12-28-19(30)13-33-15-6-8-16(9-7-15)34-23(24,25)26/h2-4,6-9,11H,5,10,12-13H2,1H3,(H2,27,31)(H,28,30). The molecule has 0 aliphatic rings. The van der Waals surface area contributed by atoms with Crippen LogP contribution < -0.4 is 25.3 Å². The topological polar surface area (TPSA) is 113 Å². The van der Waals surface area contributed by atoms with Crippen molar-refractivity contribution >= 4 is 23.2 Å². The van der Waals surface area contributed by atoms with Gasteiger partial charge in [-0.25, -0.2) is 4.98 Å². The summed E-state index contributed by atoms with van der Waals surface area (Å²) < 4.78 is 50.9. The SMILES string of the molecule is COc1cccc(CCc2sc(CNC(=O)COc3ccc(OC(F)(F)F)cc3)nc2C(N)=O)c1. The molecule has 3 aromatic rings. The maximum absolute atomic E-state index is 12.2. The van der Waals surface area contributed by atoms with Crippen molar-refractivity contribution in [3.8, 4) is 17.2 Å². The molecule has 0 fully saturated rings. The molecule has 0 saturated carbocycles. The van der Waals surface area contributed by atoms with Crippen LogP contribution in [0.1, 0.15) is 25.9 Å². The molecule has 2 amide bonds. The van der Waals surface area contributed by atoms with Crippen LogP contribution >= 0.6 is 11.3 Å². The zero-order valence-corrected chi connectivity index (χ0v) is 19.4. The molecule has 1 heterocycles. The number of aromatic nitrogens is 1. The molecule has 0 atom stereocenters. The number of benzene rings is 2. The molecule has 3 rings (SSSR count). The van der Waals surface area contributed by atoms with Crippen molar-refractivity contribution in [3.63, 3.8) is 0 Å². The number of halogens is 3. The second-order valence-electron chi connectivity index (χ2n) is 7.18. The lowest BCUT2D eigenvalue weighted by molar-refractivity contribution is -0.274. The molecular weight excluding hydrogens is 487 g/mol. The van der Waals surface area contributed by atoms with Gasteiger partial charge in [0.25, 0.3) is 11.8 Å². The monoisotopic (exact) mass is 509 g/mol. The lowest BCUT2D eigenvalue weighted by Gasteiger charge is -2.10. The number of hydrogen-bond donors (Lipinski definition) is 2. The van der Waals surface area contributed by atoms with Crippen LogP contribution in [0.25, 0.3) is 0 Å². The minimum Gasteiger partial charge on any atom is -0.497 e. The number of rotatable bonds is 11. The fourth-order valence-electron chi connectivity index (χ4n) is 3.04. The predicted molar refractivity (Wildman–Crippen MR) is 122 cm³/mol. The summed E-state index contributed by atoms with van der Waals surface area (Å²) in [4.78, 5) is 28.9. The first-order valence-corrected chi connectivity index (χ1v) is 11.1. The summed E-state index contributed by atoms with van der Waals surface area (Å²) in [6.45, 7) is -0.305. The smallest absolute Gasteiger partial charge is 0.497 e. The van der Waals surface area contributed by atoms with Gasteiger partial charge < -0.3 is 25.3 Å². The van der Waals surface area contributed by atoms with E-state index in [1.807, 2.05) is 24.3 Å². The van der Waals surface area contributed by atoms with Crippen molar-refractivity contribution in [1.82, 2.24) is 10.3 Å². The molecule has 3 N–H and O–H groups in total. The second-order valence-corrected chi connectivity index (χ2v) is 8.35. The number of nitrogens with zero attached hydrogens (tertiary/aromatic N) is 1. The molecule has 2 aromatic carbocycles. The minimum absolute atomic E-state index is 0.0602. The Hall–Kier alpha value is -3.80. The first kappa shape index (κ1) is 25.8. The number of primary amides is 1. The number of carbonyl (C=O) groups is 2. The van der Waals surface area contributed by atoms with Crippen LogP contribution in [0.2, 0.25) is 0 Å². The average Bonchev–Trinajstić information content (AvgIpc) is 3.24. The molecule has 0 saturated heterocycles. The lowest BCUT2D eigenvalue weighted by atomic mass is 10.1. The normalized spacial score (nSPS) is 11.1. The van der Waals surface area contributed by atoms with Gasteiger partial charge in [-0.1, -0.05) is 12.1 Å². The molecule has 0 radical (unpaired) electrons. The maximum Gasteiger partial charge on any atom is 0.573 e. The van der Waals surface area contributed by atoms with E-state index < -0.39 is 23.9 Å². The quantitative estimate of drug-likeness (QED) is 0.408. The Kier molecular flexibility index (Phi) is 8.53. The van der Waals surface area contributed by atoms with Gasteiger partial charge in [-0.05, 0) is 54.8 Å². The largest absolute Gasteiger partial charge is 0.573 e. The molecule has 1 aromatic heterocycles. The third-order valence-corrected chi connectivity index (χ3v) is 5.73. The van der Waals surface area contributed by atoms with E-state index in [-0.39, 0.29) is 24.6 Å². The van der Waals surface area contributed by atoms with Crippen molar-refractivity contribution < 1.29 is 37.0 Å². The summed E-state index contributed by atoms with van der Waals surface area (Å²) in [6, 6.07) is 12.2. The third kappa shape index (κ3) is 8.18. The van der Waals surface area contributed by atoms with Crippen LogP contribution in [-0.4, -0.2) is 36.9 Å². The van der Waals surface area contributed by atoms with Gasteiger partial charge >= 0.3 is 6.36 Å². The molecule has 12 heteroatoms. The Morgan fingerprint density at radius 1 is 1.06 bits per heavy atom. The summed E-state index contributed by atoms with van der Waals surface area (Å²) in [5.74, 6) is -0.599. The molecule has 0 aliphatic carbocycles. The van der Waals surface area contributed by atoms with E-state index in [4.69, 9.17) is 15.2 Å². The Labute approximate surface area is 202 Å². The summed E-state index contributed by atoms with van der Waals surface area (Å²) in [5.41, 5.74) is 6.65. The number of amides is 2. The fourth-order valence-corrected chi connectivity index (χ4v) is 4.05. The predicted octanol–water partition coefficient (Wildman–Crippen LogP) is 3.63. The zero-order chi connectivity index (χ0) is 25.4.